The zero-order chi connectivity index (χ0) is 41.5. The quantitative estimate of drug-likeness (QED) is 0.134. The number of benzene rings is 2. The highest BCUT2D eigenvalue weighted by Crippen LogP contribution is 2.68. The van der Waals surface area contributed by atoms with Gasteiger partial charge in [-0.05, 0) is 60.6 Å². The second kappa shape index (κ2) is 13.8. The molecule has 2 fully saturated rings. The van der Waals surface area contributed by atoms with Crippen molar-refractivity contribution in [3.05, 3.63) is 94.1 Å². The molecule has 0 bridgehead atoms. The number of amides is 1. The average molecular weight is 832 g/mol. The monoisotopic (exact) mass is 831 g/mol. The molecule has 1 unspecified atom stereocenters. The first-order valence-electron chi connectivity index (χ1n) is 17.8. The van der Waals surface area contributed by atoms with E-state index in [0.717, 1.165) is 18.4 Å². The van der Waals surface area contributed by atoms with Gasteiger partial charge in [0.2, 0.25) is 15.9 Å². The van der Waals surface area contributed by atoms with Crippen molar-refractivity contribution in [2.45, 2.75) is 55.5 Å². The standard InChI is InChI=1S/C38H32F7N7O5S/c1-51-32-24(4-3-5-25(32)35(49-51)50-58(2,55)56)23-7-6-22(8-9-36(54)10-11-57-18-36)46-31(23)28(14-19-12-20(39)15-21(40)13-19)47-29(53)17-52-34-30(33(48-52)38(43,44)45)26-16-27(26)37(34,41)42/h3-7,12-13,15,26-28,54H,10-11,14,16-18H2,1-2H3,(H,47,53)(H,49,50)/t26-,27+,28-,36?/m0/s1. The molecule has 3 N–H and O–H groups in total. The Labute approximate surface area is 325 Å². The molecule has 3 aromatic heterocycles. The van der Waals surface area contributed by atoms with Gasteiger partial charge >= 0.3 is 6.18 Å². The minimum atomic E-state index is -5.08. The van der Waals surface area contributed by atoms with Gasteiger partial charge in [-0.2, -0.15) is 32.1 Å². The molecular formula is C38H32F7N7O5S. The van der Waals surface area contributed by atoms with Crippen LogP contribution in [0.3, 0.4) is 0 Å². The molecule has 1 saturated heterocycles. The van der Waals surface area contributed by atoms with E-state index < -0.39 is 86.6 Å². The van der Waals surface area contributed by atoms with Crippen LogP contribution in [0.4, 0.5) is 36.6 Å². The maximum absolute atomic E-state index is 15.4. The molecule has 4 atom stereocenters. The van der Waals surface area contributed by atoms with E-state index in [1.54, 1.807) is 31.3 Å². The van der Waals surface area contributed by atoms with Crippen molar-refractivity contribution in [1.29, 1.82) is 0 Å². The number of ether oxygens (including phenoxy) is 1. The topological polar surface area (TPSA) is 153 Å². The molecule has 5 aromatic rings. The molecule has 12 nitrogen and oxygen atoms in total. The number of carbonyl (C=O) groups is 1. The number of para-hydroxylation sites is 1. The van der Waals surface area contributed by atoms with Crippen LogP contribution < -0.4 is 10.0 Å². The molecule has 1 saturated carbocycles. The van der Waals surface area contributed by atoms with Crippen molar-refractivity contribution in [2.75, 3.05) is 24.2 Å². The summed E-state index contributed by atoms with van der Waals surface area (Å²) in [6, 6.07) is 9.12. The van der Waals surface area contributed by atoms with Crippen LogP contribution in [-0.2, 0) is 51.7 Å². The van der Waals surface area contributed by atoms with E-state index in [9.17, 15) is 40.3 Å². The summed E-state index contributed by atoms with van der Waals surface area (Å²) in [5.74, 6) is -3.57. The zero-order valence-electron chi connectivity index (χ0n) is 30.5. The van der Waals surface area contributed by atoms with E-state index in [1.807, 2.05) is 0 Å². The Bertz CT molecular complexity index is 2660. The average Bonchev–Trinajstić information content (AvgIpc) is 3.36. The van der Waals surface area contributed by atoms with Gasteiger partial charge in [0, 0.05) is 47.5 Å². The molecule has 0 radical (unpaired) electrons. The van der Waals surface area contributed by atoms with Crippen molar-refractivity contribution < 1.29 is 53.8 Å². The van der Waals surface area contributed by atoms with Crippen molar-refractivity contribution in [3.63, 3.8) is 0 Å². The van der Waals surface area contributed by atoms with Gasteiger partial charge in [0.05, 0.1) is 36.7 Å². The van der Waals surface area contributed by atoms with Gasteiger partial charge in [-0.15, -0.1) is 0 Å². The van der Waals surface area contributed by atoms with E-state index in [0.29, 0.717) is 27.2 Å². The Kier molecular flexibility index (Phi) is 9.36. The molecule has 20 heteroatoms. The predicted octanol–water partition coefficient (Wildman–Crippen LogP) is 5.31. The number of alkyl halides is 5. The van der Waals surface area contributed by atoms with Crippen LogP contribution in [0.2, 0.25) is 0 Å². The Morgan fingerprint density at radius 2 is 1.84 bits per heavy atom. The van der Waals surface area contributed by atoms with Crippen molar-refractivity contribution in [2.24, 2.45) is 13.0 Å². The first-order valence-corrected chi connectivity index (χ1v) is 19.7. The first-order chi connectivity index (χ1) is 27.2. The SMILES string of the molecule is Cn1nc(NS(C)(=O)=O)c2cccc(-c3ccc(C#CC4(O)CCOC4)nc3[C@H](Cc3cc(F)cc(F)c3)NC(=O)Cn3nc(C(F)(F)F)c4c3C(F)(F)[C@@H]3C[C@H]43)c21. The lowest BCUT2D eigenvalue weighted by molar-refractivity contribution is -0.142. The Morgan fingerprint density at radius 1 is 1.10 bits per heavy atom. The summed E-state index contributed by atoms with van der Waals surface area (Å²) in [5.41, 5.74) is -3.55. The summed E-state index contributed by atoms with van der Waals surface area (Å²) in [7, 11) is -2.24. The highest BCUT2D eigenvalue weighted by molar-refractivity contribution is 7.92. The molecule has 2 aromatic carbocycles. The minimum Gasteiger partial charge on any atom is -0.377 e. The normalized spacial score (nSPS) is 21.3. The fraction of sp³-hybridized carbons (Fsp3) is 0.368. The van der Waals surface area contributed by atoms with Gasteiger partial charge in [-0.25, -0.2) is 22.2 Å². The maximum Gasteiger partial charge on any atom is 0.435 e. The number of carbonyl (C=O) groups excluding carboxylic acids is 1. The van der Waals surface area contributed by atoms with Crippen LogP contribution in [0.1, 0.15) is 58.7 Å². The summed E-state index contributed by atoms with van der Waals surface area (Å²) < 4.78 is 136. The van der Waals surface area contributed by atoms with Crippen molar-refractivity contribution in [1.82, 2.24) is 29.9 Å². The van der Waals surface area contributed by atoms with Crippen LogP contribution in [-0.4, -0.2) is 69.0 Å². The largest absolute Gasteiger partial charge is 0.435 e. The molecule has 1 amide bonds. The summed E-state index contributed by atoms with van der Waals surface area (Å²) >= 11 is 0. The third-order valence-corrected chi connectivity index (χ3v) is 10.9. The number of hydrogen-bond donors (Lipinski definition) is 3. The lowest BCUT2D eigenvalue weighted by atomic mass is 9.93. The number of pyridine rings is 1. The Hall–Kier alpha value is -5.52. The van der Waals surface area contributed by atoms with Crippen LogP contribution in [0.5, 0.6) is 0 Å². The number of fused-ring (bicyclic) bond motifs is 4. The number of hydrogen-bond acceptors (Lipinski definition) is 8. The fourth-order valence-corrected chi connectivity index (χ4v) is 8.33. The molecule has 58 heavy (non-hydrogen) atoms. The second-order valence-electron chi connectivity index (χ2n) is 14.7. The van der Waals surface area contributed by atoms with Gasteiger partial charge in [0.25, 0.3) is 5.92 Å². The van der Waals surface area contributed by atoms with E-state index in [4.69, 9.17) is 9.72 Å². The highest BCUT2D eigenvalue weighted by Gasteiger charge is 2.68. The molecule has 3 aliphatic rings. The molecule has 1 aliphatic heterocycles. The fourth-order valence-electron chi connectivity index (χ4n) is 7.83. The van der Waals surface area contributed by atoms with Crippen molar-refractivity contribution >= 4 is 32.7 Å². The van der Waals surface area contributed by atoms with Crippen LogP contribution in [0.15, 0.2) is 48.5 Å². The Morgan fingerprint density at radius 3 is 2.52 bits per heavy atom. The number of sulfonamides is 1. The number of aliphatic hydroxyl groups is 1. The molecule has 8 rings (SSSR count). The van der Waals surface area contributed by atoms with Crippen LogP contribution in [0.25, 0.3) is 22.0 Å². The zero-order valence-corrected chi connectivity index (χ0v) is 31.3. The maximum atomic E-state index is 15.4. The number of nitrogens with zero attached hydrogens (tertiary/aromatic N) is 5. The highest BCUT2D eigenvalue weighted by atomic mass is 32.2. The van der Waals surface area contributed by atoms with Gasteiger partial charge < -0.3 is 15.2 Å². The van der Waals surface area contributed by atoms with E-state index in [-0.39, 0.29) is 60.8 Å². The number of anilines is 1. The van der Waals surface area contributed by atoms with Crippen molar-refractivity contribution in [3.8, 4) is 23.0 Å². The predicted molar refractivity (Wildman–Crippen MR) is 193 cm³/mol. The third-order valence-electron chi connectivity index (χ3n) is 10.3. The van der Waals surface area contributed by atoms with Gasteiger partial charge in [0.15, 0.2) is 17.1 Å². The van der Waals surface area contributed by atoms with Gasteiger partial charge in [-0.1, -0.05) is 18.1 Å². The lowest BCUT2D eigenvalue weighted by Gasteiger charge is -2.23. The third kappa shape index (κ3) is 7.37. The molecule has 4 heterocycles. The van der Waals surface area contributed by atoms with Crippen LogP contribution in [0, 0.1) is 29.4 Å². The molecule has 304 valence electrons. The van der Waals surface area contributed by atoms with E-state index in [1.165, 1.54) is 10.7 Å². The Balaban J connectivity index is 1.26. The second-order valence-corrected chi connectivity index (χ2v) is 16.4. The summed E-state index contributed by atoms with van der Waals surface area (Å²) in [6.45, 7) is -0.904. The number of halogens is 7. The molecule has 2 aliphatic carbocycles. The van der Waals surface area contributed by atoms with Gasteiger partial charge in [0.1, 0.15) is 29.6 Å². The summed E-state index contributed by atoms with van der Waals surface area (Å²) in [5, 5.41) is 21.6. The lowest BCUT2D eigenvalue weighted by Crippen LogP contribution is -2.35. The molecule has 0 spiro atoms. The number of nitrogens with one attached hydrogen (secondary N) is 2. The van der Waals surface area contributed by atoms with E-state index >= 15 is 8.78 Å². The number of aromatic nitrogens is 5. The van der Waals surface area contributed by atoms with E-state index in [2.05, 4.69) is 32.1 Å². The smallest absolute Gasteiger partial charge is 0.377 e. The minimum absolute atomic E-state index is 0.000877. The van der Waals surface area contributed by atoms with Crippen LogP contribution >= 0.6 is 0 Å². The number of rotatable bonds is 9. The first kappa shape index (κ1) is 39.3. The summed E-state index contributed by atoms with van der Waals surface area (Å²) in [4.78, 5) is 18.7. The number of aryl methyl sites for hydroxylation is 1. The summed E-state index contributed by atoms with van der Waals surface area (Å²) in [6.07, 6.45) is -4.47. The molecular weight excluding hydrogens is 800 g/mol. The van der Waals surface area contributed by atoms with Gasteiger partial charge in [-0.3, -0.25) is 18.9 Å².